The van der Waals surface area contributed by atoms with Crippen LogP contribution in [0.2, 0.25) is 0 Å². The van der Waals surface area contributed by atoms with E-state index in [0.29, 0.717) is 22.6 Å². The highest BCUT2D eigenvalue weighted by molar-refractivity contribution is 5.74. The second-order valence-corrected chi connectivity index (χ2v) is 9.76. The molecule has 0 bridgehead atoms. The average Bonchev–Trinajstić information content (AvgIpc) is 3.11. The Hall–Kier alpha value is -3.15. The first-order valence-electron chi connectivity index (χ1n) is 12.5. The molecule has 1 aliphatic carbocycles. The topological polar surface area (TPSA) is 37.3 Å². The van der Waals surface area contributed by atoms with Crippen molar-refractivity contribution in [2.24, 2.45) is 5.92 Å². The van der Waals surface area contributed by atoms with Crippen LogP contribution in [0.15, 0.2) is 66.7 Å². The van der Waals surface area contributed by atoms with Gasteiger partial charge in [-0.15, -0.1) is 0 Å². The number of benzene rings is 3. The molecule has 1 atom stereocenters. The molecule has 36 heavy (non-hydrogen) atoms. The van der Waals surface area contributed by atoms with Gasteiger partial charge in [0.25, 0.3) is 0 Å². The zero-order chi connectivity index (χ0) is 25.7. The predicted octanol–water partition coefficient (Wildman–Crippen LogP) is 8.63. The summed E-state index contributed by atoms with van der Waals surface area (Å²) in [5, 5.41) is 9.32. The number of hydrogen-bond donors (Lipinski definition) is 1. The highest BCUT2D eigenvalue weighted by Crippen LogP contribution is 2.41. The highest BCUT2D eigenvalue weighted by Gasteiger charge is 2.30. The van der Waals surface area contributed by atoms with Gasteiger partial charge in [0, 0.05) is 5.92 Å². The van der Waals surface area contributed by atoms with Gasteiger partial charge < -0.3 is 5.11 Å². The van der Waals surface area contributed by atoms with Crippen LogP contribution < -0.4 is 0 Å². The smallest absolute Gasteiger partial charge is 0.416 e. The summed E-state index contributed by atoms with van der Waals surface area (Å²) in [5.41, 5.74) is 3.01. The average molecular weight is 499 g/mol. The van der Waals surface area contributed by atoms with Gasteiger partial charge in [0.15, 0.2) is 0 Å². The lowest BCUT2D eigenvalue weighted by Crippen LogP contribution is -2.11. The highest BCUT2D eigenvalue weighted by atomic mass is 19.4. The Kier molecular flexibility index (Phi) is 8.12. The minimum Gasteiger partial charge on any atom is -0.481 e. The van der Waals surface area contributed by atoms with Crippen LogP contribution in [-0.4, -0.2) is 11.1 Å². The Bertz CT molecular complexity index is 1160. The van der Waals surface area contributed by atoms with E-state index in [1.807, 2.05) is 6.07 Å². The van der Waals surface area contributed by atoms with Crippen molar-refractivity contribution in [1.82, 2.24) is 0 Å². The van der Waals surface area contributed by atoms with Gasteiger partial charge in [0.2, 0.25) is 0 Å². The minimum atomic E-state index is -4.44. The zero-order valence-electron chi connectivity index (χ0n) is 20.0. The fourth-order valence-corrected chi connectivity index (χ4v) is 5.35. The van der Waals surface area contributed by atoms with E-state index in [0.717, 1.165) is 42.5 Å². The van der Waals surface area contributed by atoms with Crippen LogP contribution >= 0.6 is 0 Å². The van der Waals surface area contributed by atoms with Crippen LogP contribution in [0.25, 0.3) is 11.1 Å². The molecule has 0 heterocycles. The Morgan fingerprint density at radius 3 is 2.11 bits per heavy atom. The molecule has 1 aliphatic rings. The summed E-state index contributed by atoms with van der Waals surface area (Å²) in [5.74, 6) is -0.909. The Labute approximate surface area is 209 Å². The normalized spacial score (nSPS) is 15.9. The van der Waals surface area contributed by atoms with Crippen molar-refractivity contribution in [3.8, 4) is 11.1 Å². The molecule has 1 saturated carbocycles. The van der Waals surface area contributed by atoms with Gasteiger partial charge in [-0.2, -0.15) is 13.2 Å². The molecule has 0 amide bonds. The summed E-state index contributed by atoms with van der Waals surface area (Å²) in [4.78, 5) is 11.4. The number of rotatable bonds is 7. The number of carboxylic acid groups (broad SMARTS) is 1. The third-order valence-corrected chi connectivity index (χ3v) is 7.19. The molecule has 0 aromatic heterocycles. The van der Waals surface area contributed by atoms with Crippen molar-refractivity contribution in [3.63, 3.8) is 0 Å². The number of hydrogen-bond acceptors (Lipinski definition) is 1. The third-order valence-electron chi connectivity index (χ3n) is 7.19. The van der Waals surface area contributed by atoms with Crippen LogP contribution in [0.4, 0.5) is 17.6 Å². The molecule has 0 spiro atoms. The van der Waals surface area contributed by atoms with E-state index in [1.54, 1.807) is 24.3 Å². The second kappa shape index (κ2) is 11.3. The quantitative estimate of drug-likeness (QED) is 0.261. The molecule has 2 nitrogen and oxygen atoms in total. The molecule has 1 unspecified atom stereocenters. The maximum absolute atomic E-state index is 13.8. The van der Waals surface area contributed by atoms with Gasteiger partial charge in [0.05, 0.1) is 12.0 Å². The molecule has 6 heteroatoms. The van der Waals surface area contributed by atoms with Gasteiger partial charge >= 0.3 is 12.1 Å². The predicted molar refractivity (Wildman–Crippen MR) is 132 cm³/mol. The van der Waals surface area contributed by atoms with Crippen LogP contribution in [0.3, 0.4) is 0 Å². The summed E-state index contributed by atoms with van der Waals surface area (Å²) in [7, 11) is 0. The molecular weight excluding hydrogens is 468 g/mol. The van der Waals surface area contributed by atoms with E-state index < -0.39 is 17.7 Å². The number of carbonyl (C=O) groups is 1. The van der Waals surface area contributed by atoms with E-state index in [-0.39, 0.29) is 18.2 Å². The van der Waals surface area contributed by atoms with Crippen molar-refractivity contribution in [3.05, 3.63) is 94.8 Å². The minimum absolute atomic E-state index is 0.0927. The number of alkyl halides is 3. The fourth-order valence-electron chi connectivity index (χ4n) is 5.35. The summed E-state index contributed by atoms with van der Waals surface area (Å²) < 4.78 is 53.3. The van der Waals surface area contributed by atoms with Gasteiger partial charge in [-0.25, -0.2) is 4.39 Å². The number of carboxylic acids is 1. The van der Waals surface area contributed by atoms with Crippen molar-refractivity contribution in [2.75, 3.05) is 0 Å². The van der Waals surface area contributed by atoms with Crippen LogP contribution in [0.5, 0.6) is 0 Å². The third kappa shape index (κ3) is 6.54. The van der Waals surface area contributed by atoms with E-state index in [1.165, 1.54) is 49.9 Å². The standard InChI is InChI=1S/C30H30F4O2/c31-25-14-10-23(11-15-25)27(17-20-5-3-1-2-4-6-20)26-16-7-21(19-29(35)36)18-28(26)22-8-12-24(13-9-22)30(32,33)34/h7-16,18,20,27H,1-6,17,19H2,(H,35,36). The van der Waals surface area contributed by atoms with Crippen molar-refractivity contribution in [1.29, 1.82) is 0 Å². The molecule has 0 saturated heterocycles. The first-order chi connectivity index (χ1) is 17.2. The van der Waals surface area contributed by atoms with E-state index in [9.17, 15) is 27.5 Å². The van der Waals surface area contributed by atoms with E-state index in [4.69, 9.17) is 0 Å². The monoisotopic (exact) mass is 498 g/mol. The lowest BCUT2D eigenvalue weighted by atomic mass is 9.78. The summed E-state index contributed by atoms with van der Waals surface area (Å²) in [6.07, 6.45) is 3.23. The molecule has 3 aromatic rings. The van der Waals surface area contributed by atoms with Gasteiger partial charge in [0.1, 0.15) is 5.82 Å². The Balaban J connectivity index is 1.81. The second-order valence-electron chi connectivity index (χ2n) is 9.76. The van der Waals surface area contributed by atoms with Crippen molar-refractivity contribution >= 4 is 5.97 Å². The van der Waals surface area contributed by atoms with Crippen molar-refractivity contribution < 1.29 is 27.5 Å². The molecule has 4 rings (SSSR count). The van der Waals surface area contributed by atoms with Gasteiger partial charge in [-0.3, -0.25) is 4.79 Å². The molecule has 0 aliphatic heterocycles. The maximum atomic E-state index is 13.8. The van der Waals surface area contributed by atoms with E-state index >= 15 is 0 Å². The van der Waals surface area contributed by atoms with Crippen LogP contribution in [-0.2, 0) is 17.4 Å². The maximum Gasteiger partial charge on any atom is 0.416 e. The molecule has 1 fully saturated rings. The molecule has 1 N–H and O–H groups in total. The first kappa shape index (κ1) is 25.9. The lowest BCUT2D eigenvalue weighted by Gasteiger charge is -2.26. The number of halogens is 4. The molecule has 3 aromatic carbocycles. The molecular formula is C30H30F4O2. The number of aliphatic carboxylic acids is 1. The SMILES string of the molecule is O=C(O)Cc1ccc(C(CC2CCCCCC2)c2ccc(F)cc2)c(-c2ccc(C(F)(F)F)cc2)c1. The largest absolute Gasteiger partial charge is 0.481 e. The van der Waals surface area contributed by atoms with Crippen LogP contribution in [0, 0.1) is 11.7 Å². The zero-order valence-corrected chi connectivity index (χ0v) is 20.0. The van der Waals surface area contributed by atoms with Gasteiger partial charge in [-0.05, 0) is 64.4 Å². The summed E-state index contributed by atoms with van der Waals surface area (Å²) in [6.45, 7) is 0. The Morgan fingerprint density at radius 1 is 0.889 bits per heavy atom. The van der Waals surface area contributed by atoms with Gasteiger partial charge in [-0.1, -0.05) is 81.0 Å². The Morgan fingerprint density at radius 2 is 1.53 bits per heavy atom. The lowest BCUT2D eigenvalue weighted by molar-refractivity contribution is -0.138. The fraction of sp³-hybridized carbons (Fsp3) is 0.367. The summed E-state index contributed by atoms with van der Waals surface area (Å²) >= 11 is 0. The molecule has 190 valence electrons. The van der Waals surface area contributed by atoms with E-state index in [2.05, 4.69) is 0 Å². The van der Waals surface area contributed by atoms with Crippen molar-refractivity contribution in [2.45, 2.75) is 63.5 Å². The molecule has 0 radical (unpaired) electrons. The first-order valence-corrected chi connectivity index (χ1v) is 12.5. The summed E-state index contributed by atoms with van der Waals surface area (Å²) in [6, 6.07) is 16.9. The van der Waals surface area contributed by atoms with Crippen LogP contribution in [0.1, 0.15) is 73.1 Å².